The average Bonchev–Trinajstić information content (AvgIpc) is 3.07. The molecule has 7 heteroatoms. The molecule has 2 rings (SSSR count). The van der Waals surface area contributed by atoms with Gasteiger partial charge < -0.3 is 14.8 Å². The highest BCUT2D eigenvalue weighted by Crippen LogP contribution is 2.15. The van der Waals surface area contributed by atoms with Crippen LogP contribution in [-0.2, 0) is 14.3 Å². The van der Waals surface area contributed by atoms with Gasteiger partial charge in [-0.1, -0.05) is 12.1 Å². The standard InChI is InChI=1S/C15H13NO5S/c1-20-13(17)9-21-15(19)10-4-2-5-11(8-10)16-14(18)12-6-3-7-22-12/h2-8H,9H2,1H3,(H,16,18). The molecule has 0 radical (unpaired) electrons. The van der Waals surface area contributed by atoms with E-state index in [4.69, 9.17) is 4.74 Å². The van der Waals surface area contributed by atoms with Gasteiger partial charge in [0.15, 0.2) is 6.61 Å². The number of amides is 1. The van der Waals surface area contributed by atoms with Crippen molar-refractivity contribution in [2.24, 2.45) is 0 Å². The van der Waals surface area contributed by atoms with Crippen LogP contribution >= 0.6 is 11.3 Å². The van der Waals surface area contributed by atoms with Gasteiger partial charge in [-0.25, -0.2) is 9.59 Å². The van der Waals surface area contributed by atoms with Crippen molar-refractivity contribution in [3.63, 3.8) is 0 Å². The molecule has 1 aromatic carbocycles. The van der Waals surface area contributed by atoms with Crippen LogP contribution in [0.5, 0.6) is 0 Å². The molecule has 0 bridgehead atoms. The van der Waals surface area contributed by atoms with Gasteiger partial charge >= 0.3 is 11.9 Å². The molecule has 0 aliphatic rings. The SMILES string of the molecule is COC(=O)COC(=O)c1cccc(NC(=O)c2cccs2)c1. The first-order valence-corrected chi connectivity index (χ1v) is 7.17. The molecule has 0 atom stereocenters. The monoisotopic (exact) mass is 319 g/mol. The van der Waals surface area contributed by atoms with E-state index in [-0.39, 0.29) is 11.5 Å². The maximum Gasteiger partial charge on any atom is 0.344 e. The summed E-state index contributed by atoms with van der Waals surface area (Å²) in [6.45, 7) is -0.457. The van der Waals surface area contributed by atoms with Crippen LogP contribution < -0.4 is 5.32 Å². The number of nitrogens with one attached hydrogen (secondary N) is 1. The molecular formula is C15H13NO5S. The predicted molar refractivity (Wildman–Crippen MR) is 81.0 cm³/mol. The molecule has 22 heavy (non-hydrogen) atoms. The van der Waals surface area contributed by atoms with Gasteiger partial charge in [0, 0.05) is 5.69 Å². The van der Waals surface area contributed by atoms with Crippen LogP contribution in [0.3, 0.4) is 0 Å². The highest BCUT2D eigenvalue weighted by atomic mass is 32.1. The largest absolute Gasteiger partial charge is 0.466 e. The van der Waals surface area contributed by atoms with E-state index in [2.05, 4.69) is 10.1 Å². The van der Waals surface area contributed by atoms with Crippen LogP contribution in [0.2, 0.25) is 0 Å². The zero-order valence-corrected chi connectivity index (χ0v) is 12.5. The van der Waals surface area contributed by atoms with Gasteiger partial charge in [-0.2, -0.15) is 0 Å². The second kappa shape index (κ2) is 7.37. The molecule has 0 aliphatic carbocycles. The fourth-order valence-electron chi connectivity index (χ4n) is 1.59. The van der Waals surface area contributed by atoms with E-state index >= 15 is 0 Å². The van der Waals surface area contributed by atoms with Crippen LogP contribution in [0, 0.1) is 0 Å². The minimum Gasteiger partial charge on any atom is -0.466 e. The number of carbonyl (C=O) groups excluding carboxylic acids is 3. The summed E-state index contributed by atoms with van der Waals surface area (Å²) in [7, 11) is 1.21. The molecule has 0 spiro atoms. The quantitative estimate of drug-likeness (QED) is 0.855. The molecule has 0 unspecified atom stereocenters. The molecule has 6 nitrogen and oxygen atoms in total. The maximum atomic E-state index is 11.9. The zero-order chi connectivity index (χ0) is 15.9. The smallest absolute Gasteiger partial charge is 0.344 e. The number of thiophene rings is 1. The summed E-state index contributed by atoms with van der Waals surface area (Å²) in [4.78, 5) is 35.2. The molecule has 0 aliphatic heterocycles. The molecule has 0 saturated carbocycles. The maximum absolute atomic E-state index is 11.9. The second-order valence-electron chi connectivity index (χ2n) is 4.16. The van der Waals surface area contributed by atoms with E-state index in [9.17, 15) is 14.4 Å². The molecule has 0 fully saturated rings. The van der Waals surface area contributed by atoms with Crippen LogP contribution in [-0.4, -0.2) is 31.6 Å². The lowest BCUT2D eigenvalue weighted by Gasteiger charge is -2.07. The number of anilines is 1. The first-order valence-electron chi connectivity index (χ1n) is 6.29. The third-order valence-electron chi connectivity index (χ3n) is 2.65. The van der Waals surface area contributed by atoms with Crippen LogP contribution in [0.1, 0.15) is 20.0 Å². The summed E-state index contributed by atoms with van der Waals surface area (Å²) in [6, 6.07) is 9.75. The normalized spacial score (nSPS) is 9.86. The minimum atomic E-state index is -0.669. The second-order valence-corrected chi connectivity index (χ2v) is 5.11. The first-order chi connectivity index (χ1) is 10.6. The Morgan fingerprint density at radius 2 is 2.00 bits per heavy atom. The molecule has 1 amide bonds. The van der Waals surface area contributed by atoms with Crippen LogP contribution in [0.15, 0.2) is 41.8 Å². The van der Waals surface area contributed by atoms with Crippen LogP contribution in [0.25, 0.3) is 0 Å². The Morgan fingerprint density at radius 1 is 1.18 bits per heavy atom. The van der Waals surface area contributed by atoms with Crippen molar-refractivity contribution in [3.05, 3.63) is 52.2 Å². The Hall–Kier alpha value is -2.67. The number of hydrogen-bond donors (Lipinski definition) is 1. The first kappa shape index (κ1) is 15.7. The van der Waals surface area contributed by atoms with Crippen molar-refractivity contribution in [1.82, 2.24) is 0 Å². The van der Waals surface area contributed by atoms with Crippen molar-refractivity contribution < 1.29 is 23.9 Å². The van der Waals surface area contributed by atoms with E-state index < -0.39 is 18.5 Å². The summed E-state index contributed by atoms with van der Waals surface area (Å²) in [5.41, 5.74) is 0.693. The molecule has 1 N–H and O–H groups in total. The summed E-state index contributed by atoms with van der Waals surface area (Å²) in [6.07, 6.45) is 0. The van der Waals surface area contributed by atoms with Crippen molar-refractivity contribution >= 4 is 34.9 Å². The van der Waals surface area contributed by atoms with E-state index in [1.807, 2.05) is 0 Å². The topological polar surface area (TPSA) is 81.7 Å². The number of esters is 2. The van der Waals surface area contributed by atoms with Gasteiger partial charge in [-0.05, 0) is 29.6 Å². The minimum absolute atomic E-state index is 0.230. The average molecular weight is 319 g/mol. The fraction of sp³-hybridized carbons (Fsp3) is 0.133. The number of carbonyl (C=O) groups is 3. The number of methoxy groups -OCH3 is 1. The molecule has 1 aromatic heterocycles. The molecular weight excluding hydrogens is 306 g/mol. The Kier molecular flexibility index (Phi) is 5.26. The molecule has 1 heterocycles. The summed E-state index contributed by atoms with van der Waals surface area (Å²) >= 11 is 1.32. The van der Waals surface area contributed by atoms with Crippen molar-refractivity contribution in [2.75, 3.05) is 19.0 Å². The van der Waals surface area contributed by atoms with Gasteiger partial charge in [0.25, 0.3) is 5.91 Å². The predicted octanol–water partition coefficient (Wildman–Crippen LogP) is 2.33. The van der Waals surface area contributed by atoms with E-state index in [0.29, 0.717) is 10.6 Å². The van der Waals surface area contributed by atoms with Gasteiger partial charge in [0.1, 0.15) is 0 Å². The fourth-order valence-corrected chi connectivity index (χ4v) is 2.21. The Morgan fingerprint density at radius 3 is 2.68 bits per heavy atom. The number of rotatable bonds is 5. The Labute approximate surface area is 130 Å². The van der Waals surface area contributed by atoms with E-state index in [1.54, 1.807) is 29.6 Å². The van der Waals surface area contributed by atoms with E-state index in [1.165, 1.54) is 30.6 Å². The summed E-state index contributed by atoms with van der Waals surface area (Å²) in [5, 5.41) is 4.49. The van der Waals surface area contributed by atoms with Gasteiger partial charge in [0.2, 0.25) is 0 Å². The van der Waals surface area contributed by atoms with Gasteiger partial charge in [-0.3, -0.25) is 4.79 Å². The molecule has 2 aromatic rings. The molecule has 0 saturated heterocycles. The lowest BCUT2D eigenvalue weighted by atomic mass is 10.2. The van der Waals surface area contributed by atoms with Crippen molar-refractivity contribution in [3.8, 4) is 0 Å². The lowest BCUT2D eigenvalue weighted by molar-refractivity contribution is -0.144. The number of ether oxygens (including phenoxy) is 2. The highest BCUT2D eigenvalue weighted by molar-refractivity contribution is 7.12. The summed E-state index contributed by atoms with van der Waals surface area (Å²) < 4.78 is 9.17. The molecule has 114 valence electrons. The van der Waals surface area contributed by atoms with Gasteiger partial charge in [-0.15, -0.1) is 11.3 Å². The summed E-state index contributed by atoms with van der Waals surface area (Å²) in [5.74, 6) is -1.57. The third-order valence-corrected chi connectivity index (χ3v) is 3.52. The van der Waals surface area contributed by atoms with Crippen LogP contribution in [0.4, 0.5) is 5.69 Å². The van der Waals surface area contributed by atoms with Crippen molar-refractivity contribution in [1.29, 1.82) is 0 Å². The highest BCUT2D eigenvalue weighted by Gasteiger charge is 2.12. The number of hydrogen-bond acceptors (Lipinski definition) is 6. The van der Waals surface area contributed by atoms with Crippen molar-refractivity contribution in [2.45, 2.75) is 0 Å². The zero-order valence-electron chi connectivity index (χ0n) is 11.7. The van der Waals surface area contributed by atoms with Gasteiger partial charge in [0.05, 0.1) is 17.6 Å². The lowest BCUT2D eigenvalue weighted by Crippen LogP contribution is -2.15. The third kappa shape index (κ3) is 4.16. The van der Waals surface area contributed by atoms with E-state index in [0.717, 1.165) is 0 Å². The Balaban J connectivity index is 2.02. The Bertz CT molecular complexity index is 681. The number of benzene rings is 1.